The lowest BCUT2D eigenvalue weighted by molar-refractivity contribution is -0.120. The van der Waals surface area contributed by atoms with E-state index in [-0.39, 0.29) is 5.91 Å². The van der Waals surface area contributed by atoms with Crippen LogP contribution < -0.4 is 10.6 Å². The summed E-state index contributed by atoms with van der Waals surface area (Å²) in [6, 6.07) is 8.18. The Morgan fingerprint density at radius 3 is 2.94 bits per heavy atom. The summed E-state index contributed by atoms with van der Waals surface area (Å²) in [5.41, 5.74) is 2.51. The minimum absolute atomic E-state index is 0.0798. The maximum absolute atomic E-state index is 11.5. The van der Waals surface area contributed by atoms with Crippen molar-refractivity contribution in [2.24, 2.45) is 0 Å². The van der Waals surface area contributed by atoms with Gasteiger partial charge in [0.05, 0.1) is 11.3 Å². The summed E-state index contributed by atoms with van der Waals surface area (Å²) in [7, 11) is 0. The van der Waals surface area contributed by atoms with Gasteiger partial charge in [-0.1, -0.05) is 6.07 Å². The first-order chi connectivity index (χ1) is 8.69. The van der Waals surface area contributed by atoms with Gasteiger partial charge in [-0.2, -0.15) is 5.26 Å². The van der Waals surface area contributed by atoms with Gasteiger partial charge in [0.2, 0.25) is 5.91 Å². The molecule has 0 atom stereocenters. The van der Waals surface area contributed by atoms with Crippen molar-refractivity contribution in [2.75, 3.05) is 11.9 Å². The molecule has 1 aromatic carbocycles. The minimum atomic E-state index is 0.0798. The van der Waals surface area contributed by atoms with Crippen molar-refractivity contribution in [2.45, 2.75) is 32.2 Å². The Morgan fingerprint density at radius 2 is 2.28 bits per heavy atom. The number of hydrogen-bond donors (Lipinski definition) is 2. The van der Waals surface area contributed by atoms with Crippen LogP contribution in [0.25, 0.3) is 0 Å². The van der Waals surface area contributed by atoms with Crippen molar-refractivity contribution < 1.29 is 4.79 Å². The molecule has 1 fully saturated rings. The van der Waals surface area contributed by atoms with Crippen molar-refractivity contribution in [1.29, 1.82) is 5.26 Å². The molecule has 0 aliphatic heterocycles. The Balaban J connectivity index is 1.83. The Labute approximate surface area is 107 Å². The van der Waals surface area contributed by atoms with E-state index in [1.165, 1.54) is 0 Å². The van der Waals surface area contributed by atoms with Gasteiger partial charge in [-0.05, 0) is 37.5 Å². The molecule has 1 aromatic rings. The van der Waals surface area contributed by atoms with Gasteiger partial charge in [-0.3, -0.25) is 4.79 Å². The van der Waals surface area contributed by atoms with Crippen molar-refractivity contribution in [3.63, 3.8) is 0 Å². The maximum atomic E-state index is 11.5. The van der Waals surface area contributed by atoms with Gasteiger partial charge in [0.15, 0.2) is 0 Å². The summed E-state index contributed by atoms with van der Waals surface area (Å²) in [5, 5.41) is 15.1. The van der Waals surface area contributed by atoms with Gasteiger partial charge < -0.3 is 10.6 Å². The number of nitriles is 1. The van der Waals surface area contributed by atoms with Gasteiger partial charge in [0, 0.05) is 19.0 Å². The van der Waals surface area contributed by atoms with Crippen molar-refractivity contribution in [3.8, 4) is 6.07 Å². The fraction of sp³-hybridized carbons (Fsp3) is 0.429. The van der Waals surface area contributed by atoms with Crippen LogP contribution in [0.4, 0.5) is 5.69 Å². The predicted octanol–water partition coefficient (Wildman–Crippen LogP) is 1.95. The number of carbonyl (C=O) groups excluding carboxylic acids is 1. The number of amides is 1. The van der Waals surface area contributed by atoms with E-state index in [9.17, 15) is 4.79 Å². The van der Waals surface area contributed by atoms with E-state index >= 15 is 0 Å². The van der Waals surface area contributed by atoms with Crippen LogP contribution in [0.3, 0.4) is 0 Å². The number of benzene rings is 1. The van der Waals surface area contributed by atoms with Gasteiger partial charge in [0.25, 0.3) is 0 Å². The van der Waals surface area contributed by atoms with Gasteiger partial charge in [0.1, 0.15) is 6.07 Å². The fourth-order valence-corrected chi connectivity index (χ4v) is 1.74. The summed E-state index contributed by atoms with van der Waals surface area (Å²) < 4.78 is 0. The monoisotopic (exact) mass is 243 g/mol. The van der Waals surface area contributed by atoms with Crippen LogP contribution in [0.1, 0.15) is 30.4 Å². The second-order valence-corrected chi connectivity index (χ2v) is 4.68. The summed E-state index contributed by atoms with van der Waals surface area (Å²) in [6.45, 7) is 2.53. The quantitative estimate of drug-likeness (QED) is 0.830. The lowest BCUT2D eigenvalue weighted by atomic mass is 10.1. The first-order valence-electron chi connectivity index (χ1n) is 6.23. The molecular weight excluding hydrogens is 226 g/mol. The molecule has 2 rings (SSSR count). The molecule has 0 heterocycles. The number of nitrogens with one attached hydrogen (secondary N) is 2. The molecular formula is C14H17N3O. The minimum Gasteiger partial charge on any atom is -0.383 e. The number of rotatable bonds is 5. The molecule has 4 heteroatoms. The first-order valence-corrected chi connectivity index (χ1v) is 6.23. The third-order valence-corrected chi connectivity index (χ3v) is 2.91. The molecule has 0 aromatic heterocycles. The first kappa shape index (κ1) is 12.4. The Morgan fingerprint density at radius 1 is 1.50 bits per heavy atom. The fourth-order valence-electron chi connectivity index (χ4n) is 1.74. The molecule has 2 N–H and O–H groups in total. The molecule has 94 valence electrons. The third-order valence-electron chi connectivity index (χ3n) is 2.91. The molecule has 1 aliphatic carbocycles. The molecule has 1 aliphatic rings. The van der Waals surface area contributed by atoms with Crippen molar-refractivity contribution in [1.82, 2.24) is 5.32 Å². The van der Waals surface area contributed by atoms with E-state index in [0.29, 0.717) is 24.6 Å². The Kier molecular flexibility index (Phi) is 3.83. The number of hydrogen-bond acceptors (Lipinski definition) is 3. The predicted molar refractivity (Wildman–Crippen MR) is 70.2 cm³/mol. The molecule has 1 amide bonds. The lowest BCUT2D eigenvalue weighted by Gasteiger charge is -2.09. The molecule has 0 bridgehead atoms. The molecule has 18 heavy (non-hydrogen) atoms. The van der Waals surface area contributed by atoms with E-state index in [1.807, 2.05) is 19.1 Å². The standard InChI is InChI=1S/C14H17N3O/c1-10-2-3-11(9-15)13(8-10)16-7-6-14(18)17-12-4-5-12/h2-3,8,12,16H,4-7H2,1H3,(H,17,18). The van der Waals surface area contributed by atoms with Crippen LogP contribution in [-0.2, 0) is 4.79 Å². The molecule has 0 unspecified atom stereocenters. The average molecular weight is 243 g/mol. The highest BCUT2D eigenvalue weighted by atomic mass is 16.1. The second kappa shape index (κ2) is 5.54. The van der Waals surface area contributed by atoms with E-state index in [1.54, 1.807) is 6.07 Å². The largest absolute Gasteiger partial charge is 0.383 e. The highest BCUT2D eigenvalue weighted by molar-refractivity contribution is 5.77. The molecule has 1 saturated carbocycles. The van der Waals surface area contributed by atoms with Crippen LogP contribution in [0.15, 0.2) is 18.2 Å². The number of nitrogens with zero attached hydrogens (tertiary/aromatic N) is 1. The smallest absolute Gasteiger partial charge is 0.221 e. The number of anilines is 1. The van der Waals surface area contributed by atoms with E-state index < -0.39 is 0 Å². The third kappa shape index (κ3) is 3.49. The van der Waals surface area contributed by atoms with Gasteiger partial charge >= 0.3 is 0 Å². The van der Waals surface area contributed by atoms with Crippen LogP contribution in [-0.4, -0.2) is 18.5 Å². The number of aryl methyl sites for hydroxylation is 1. The molecule has 0 saturated heterocycles. The SMILES string of the molecule is Cc1ccc(C#N)c(NCCC(=O)NC2CC2)c1. The zero-order valence-corrected chi connectivity index (χ0v) is 10.5. The second-order valence-electron chi connectivity index (χ2n) is 4.68. The average Bonchev–Trinajstić information content (AvgIpc) is 3.13. The van der Waals surface area contributed by atoms with Crippen LogP contribution >= 0.6 is 0 Å². The van der Waals surface area contributed by atoms with Crippen LogP contribution in [0.5, 0.6) is 0 Å². The Bertz CT molecular complexity index is 486. The Hall–Kier alpha value is -2.02. The van der Waals surface area contributed by atoms with E-state index in [4.69, 9.17) is 5.26 Å². The molecule has 0 radical (unpaired) electrons. The van der Waals surface area contributed by atoms with E-state index in [2.05, 4.69) is 16.7 Å². The summed E-state index contributed by atoms with van der Waals surface area (Å²) in [6.07, 6.45) is 2.65. The summed E-state index contributed by atoms with van der Waals surface area (Å²) >= 11 is 0. The van der Waals surface area contributed by atoms with E-state index in [0.717, 1.165) is 24.1 Å². The summed E-state index contributed by atoms with van der Waals surface area (Å²) in [4.78, 5) is 11.5. The zero-order valence-electron chi connectivity index (χ0n) is 10.5. The van der Waals surface area contributed by atoms with Crippen LogP contribution in [0, 0.1) is 18.3 Å². The normalized spacial score (nSPS) is 13.8. The highest BCUT2D eigenvalue weighted by Gasteiger charge is 2.22. The molecule has 4 nitrogen and oxygen atoms in total. The lowest BCUT2D eigenvalue weighted by Crippen LogP contribution is -2.27. The zero-order chi connectivity index (χ0) is 13.0. The maximum Gasteiger partial charge on any atom is 0.221 e. The molecule has 0 spiro atoms. The highest BCUT2D eigenvalue weighted by Crippen LogP contribution is 2.19. The summed E-state index contributed by atoms with van der Waals surface area (Å²) in [5.74, 6) is 0.0798. The topological polar surface area (TPSA) is 64.9 Å². The number of carbonyl (C=O) groups is 1. The van der Waals surface area contributed by atoms with Gasteiger partial charge in [-0.15, -0.1) is 0 Å². The van der Waals surface area contributed by atoms with Crippen molar-refractivity contribution in [3.05, 3.63) is 29.3 Å². The van der Waals surface area contributed by atoms with Gasteiger partial charge in [-0.25, -0.2) is 0 Å². The van der Waals surface area contributed by atoms with Crippen LogP contribution in [0.2, 0.25) is 0 Å². The van der Waals surface area contributed by atoms with Crippen molar-refractivity contribution >= 4 is 11.6 Å².